The summed E-state index contributed by atoms with van der Waals surface area (Å²) in [5, 5.41) is 2.36. The van der Waals surface area contributed by atoms with Crippen LogP contribution in [0.1, 0.15) is 32.8 Å². The van der Waals surface area contributed by atoms with Crippen molar-refractivity contribution in [2.75, 3.05) is 13.2 Å². The van der Waals surface area contributed by atoms with Crippen molar-refractivity contribution >= 4 is 10.8 Å². The molecule has 0 atom stereocenters. The molecule has 2 rings (SSSR count). The number of hydrogen-bond acceptors (Lipinski definition) is 2. The van der Waals surface area contributed by atoms with E-state index in [2.05, 4.69) is 31.2 Å². The average Bonchev–Trinajstić information content (AvgIpc) is 2.42. The van der Waals surface area contributed by atoms with E-state index < -0.39 is 0 Å². The van der Waals surface area contributed by atoms with Crippen LogP contribution in [0.3, 0.4) is 0 Å². The van der Waals surface area contributed by atoms with Gasteiger partial charge in [0.15, 0.2) is 0 Å². The summed E-state index contributed by atoms with van der Waals surface area (Å²) >= 11 is 0. The molecule has 0 radical (unpaired) electrons. The summed E-state index contributed by atoms with van der Waals surface area (Å²) in [6, 6.07) is 10.5. The molecule has 2 heteroatoms. The average molecular weight is 258 g/mol. The van der Waals surface area contributed by atoms with Gasteiger partial charge in [0.1, 0.15) is 11.5 Å². The Morgan fingerprint density at radius 3 is 2.16 bits per heavy atom. The molecular formula is C17H22O2. The van der Waals surface area contributed by atoms with Crippen LogP contribution in [0.2, 0.25) is 0 Å². The van der Waals surface area contributed by atoms with E-state index in [1.54, 1.807) is 0 Å². The van der Waals surface area contributed by atoms with Gasteiger partial charge in [-0.3, -0.25) is 0 Å². The zero-order chi connectivity index (χ0) is 13.7. The molecule has 2 aromatic rings. The second kappa shape index (κ2) is 6.46. The number of aryl methyl sites for hydroxylation is 1. The predicted molar refractivity (Wildman–Crippen MR) is 80.3 cm³/mol. The fourth-order valence-corrected chi connectivity index (χ4v) is 2.44. The van der Waals surface area contributed by atoms with Crippen LogP contribution in [0.25, 0.3) is 10.8 Å². The van der Waals surface area contributed by atoms with E-state index in [1.807, 2.05) is 19.9 Å². The second-order valence-electron chi connectivity index (χ2n) is 4.52. The molecule has 0 aliphatic rings. The monoisotopic (exact) mass is 258 g/mol. The van der Waals surface area contributed by atoms with Crippen LogP contribution in [0.15, 0.2) is 30.3 Å². The van der Waals surface area contributed by atoms with Crippen molar-refractivity contribution in [1.82, 2.24) is 0 Å². The molecule has 0 spiro atoms. The van der Waals surface area contributed by atoms with Crippen molar-refractivity contribution in [1.29, 1.82) is 0 Å². The van der Waals surface area contributed by atoms with Crippen molar-refractivity contribution in [2.45, 2.75) is 33.6 Å². The molecule has 0 amide bonds. The smallest absolute Gasteiger partial charge is 0.130 e. The summed E-state index contributed by atoms with van der Waals surface area (Å²) in [5.74, 6) is 1.84. The topological polar surface area (TPSA) is 18.5 Å². The predicted octanol–water partition coefficient (Wildman–Crippen LogP) is 4.59. The van der Waals surface area contributed by atoms with Gasteiger partial charge in [-0.05, 0) is 43.4 Å². The van der Waals surface area contributed by atoms with E-state index in [1.165, 1.54) is 10.9 Å². The van der Waals surface area contributed by atoms with Gasteiger partial charge in [-0.15, -0.1) is 0 Å². The van der Waals surface area contributed by atoms with Crippen molar-refractivity contribution in [2.24, 2.45) is 0 Å². The quantitative estimate of drug-likeness (QED) is 0.754. The number of rotatable bonds is 6. The zero-order valence-corrected chi connectivity index (χ0v) is 12.0. The van der Waals surface area contributed by atoms with Gasteiger partial charge in [-0.2, -0.15) is 0 Å². The van der Waals surface area contributed by atoms with Gasteiger partial charge in [0.05, 0.1) is 18.6 Å². The fraction of sp³-hybridized carbons (Fsp3) is 0.412. The number of fused-ring (bicyclic) bond motifs is 1. The molecule has 102 valence electrons. The SMILES string of the molecule is CCCc1ccc(OCC)c2c(OCC)cccc12. The van der Waals surface area contributed by atoms with Gasteiger partial charge in [0.2, 0.25) is 0 Å². The molecule has 0 unspecified atom stereocenters. The summed E-state index contributed by atoms with van der Waals surface area (Å²) in [6.45, 7) is 7.56. The van der Waals surface area contributed by atoms with Gasteiger partial charge < -0.3 is 9.47 Å². The van der Waals surface area contributed by atoms with Crippen molar-refractivity contribution in [3.63, 3.8) is 0 Å². The summed E-state index contributed by atoms with van der Waals surface area (Å²) in [7, 11) is 0. The van der Waals surface area contributed by atoms with Crippen molar-refractivity contribution in [3.05, 3.63) is 35.9 Å². The first kappa shape index (κ1) is 13.7. The van der Waals surface area contributed by atoms with E-state index in [4.69, 9.17) is 9.47 Å². The van der Waals surface area contributed by atoms with Crippen LogP contribution in [-0.2, 0) is 6.42 Å². The molecule has 2 nitrogen and oxygen atoms in total. The Morgan fingerprint density at radius 2 is 1.53 bits per heavy atom. The Bertz CT molecular complexity index is 534. The normalized spacial score (nSPS) is 10.7. The molecule has 0 saturated carbocycles. The molecule has 0 aliphatic heterocycles. The van der Waals surface area contributed by atoms with E-state index in [-0.39, 0.29) is 0 Å². The molecule has 0 bridgehead atoms. The molecule has 0 saturated heterocycles. The van der Waals surface area contributed by atoms with E-state index in [0.29, 0.717) is 13.2 Å². The van der Waals surface area contributed by atoms with E-state index >= 15 is 0 Å². The fourth-order valence-electron chi connectivity index (χ4n) is 2.44. The second-order valence-corrected chi connectivity index (χ2v) is 4.52. The van der Waals surface area contributed by atoms with Crippen LogP contribution in [0.4, 0.5) is 0 Å². The standard InChI is InChI=1S/C17H22O2/c1-4-8-13-11-12-16(19-6-3)17-14(13)9-7-10-15(17)18-5-2/h7,9-12H,4-6,8H2,1-3H3. The third-order valence-corrected chi connectivity index (χ3v) is 3.17. The first-order valence-electron chi connectivity index (χ1n) is 7.12. The van der Waals surface area contributed by atoms with Crippen LogP contribution in [0, 0.1) is 0 Å². The molecule has 2 aromatic carbocycles. The summed E-state index contributed by atoms with van der Waals surface area (Å²) in [6.07, 6.45) is 2.22. The molecular weight excluding hydrogens is 236 g/mol. The molecule has 19 heavy (non-hydrogen) atoms. The summed E-state index contributed by atoms with van der Waals surface area (Å²) in [5.41, 5.74) is 1.36. The van der Waals surface area contributed by atoms with Crippen LogP contribution in [0.5, 0.6) is 11.5 Å². The van der Waals surface area contributed by atoms with Gasteiger partial charge >= 0.3 is 0 Å². The van der Waals surface area contributed by atoms with Crippen molar-refractivity contribution in [3.8, 4) is 11.5 Å². The first-order chi connectivity index (χ1) is 9.31. The van der Waals surface area contributed by atoms with Gasteiger partial charge in [-0.25, -0.2) is 0 Å². The van der Waals surface area contributed by atoms with E-state index in [9.17, 15) is 0 Å². The third-order valence-electron chi connectivity index (χ3n) is 3.17. The zero-order valence-electron chi connectivity index (χ0n) is 12.0. The maximum absolute atomic E-state index is 5.76. The lowest BCUT2D eigenvalue weighted by Gasteiger charge is -2.15. The number of benzene rings is 2. The van der Waals surface area contributed by atoms with Gasteiger partial charge in [0, 0.05) is 0 Å². The Balaban J connectivity index is 2.65. The minimum Gasteiger partial charge on any atom is -0.493 e. The first-order valence-corrected chi connectivity index (χ1v) is 7.12. The molecule has 0 fully saturated rings. The maximum atomic E-state index is 5.76. The Morgan fingerprint density at radius 1 is 0.842 bits per heavy atom. The lowest BCUT2D eigenvalue weighted by atomic mass is 9.99. The minimum absolute atomic E-state index is 0.669. The molecule has 0 heterocycles. The van der Waals surface area contributed by atoms with Crippen LogP contribution >= 0.6 is 0 Å². The lowest BCUT2D eigenvalue weighted by molar-refractivity contribution is 0.332. The summed E-state index contributed by atoms with van der Waals surface area (Å²) in [4.78, 5) is 0. The van der Waals surface area contributed by atoms with Crippen molar-refractivity contribution < 1.29 is 9.47 Å². The van der Waals surface area contributed by atoms with Gasteiger partial charge in [0.25, 0.3) is 0 Å². The maximum Gasteiger partial charge on any atom is 0.130 e. The Labute approximate surface area is 115 Å². The van der Waals surface area contributed by atoms with Gasteiger partial charge in [-0.1, -0.05) is 31.5 Å². The highest BCUT2D eigenvalue weighted by Gasteiger charge is 2.11. The minimum atomic E-state index is 0.669. The van der Waals surface area contributed by atoms with E-state index in [0.717, 1.165) is 29.7 Å². The highest BCUT2D eigenvalue weighted by molar-refractivity contribution is 5.96. The molecule has 0 N–H and O–H groups in total. The molecule has 0 aliphatic carbocycles. The largest absolute Gasteiger partial charge is 0.493 e. The highest BCUT2D eigenvalue weighted by Crippen LogP contribution is 2.36. The summed E-state index contributed by atoms with van der Waals surface area (Å²) < 4.78 is 11.5. The Hall–Kier alpha value is -1.70. The number of ether oxygens (including phenoxy) is 2. The highest BCUT2D eigenvalue weighted by atomic mass is 16.5. The third kappa shape index (κ3) is 2.83. The lowest BCUT2D eigenvalue weighted by Crippen LogP contribution is -1.98. The van der Waals surface area contributed by atoms with Crippen LogP contribution < -0.4 is 9.47 Å². The molecule has 0 aromatic heterocycles. The Kier molecular flexibility index (Phi) is 4.67. The van der Waals surface area contributed by atoms with Crippen LogP contribution in [-0.4, -0.2) is 13.2 Å². The number of hydrogen-bond donors (Lipinski definition) is 0.